The van der Waals surface area contributed by atoms with Crippen LogP contribution in [-0.4, -0.2) is 19.3 Å². The lowest BCUT2D eigenvalue weighted by Crippen LogP contribution is -2.23. The molecule has 3 aromatic carbocycles. The predicted octanol–water partition coefficient (Wildman–Crippen LogP) is 4.31. The van der Waals surface area contributed by atoms with Crippen LogP contribution in [0.3, 0.4) is 0 Å². The summed E-state index contributed by atoms with van der Waals surface area (Å²) in [6.07, 6.45) is 0. The maximum Gasteiger partial charge on any atom is 0.257 e. The van der Waals surface area contributed by atoms with Crippen LogP contribution in [-0.2, 0) is 16.6 Å². The lowest BCUT2D eigenvalue weighted by molar-refractivity contribution is 0.102. The number of aromatic nitrogens is 1. The highest BCUT2D eigenvalue weighted by Gasteiger charge is 2.17. The summed E-state index contributed by atoms with van der Waals surface area (Å²) >= 11 is 0.978. The van der Waals surface area contributed by atoms with Crippen LogP contribution in [0, 0.1) is 11.6 Å². The minimum absolute atomic E-state index is 0.0653. The molecule has 2 N–H and O–H groups in total. The third-order valence-corrected chi connectivity index (χ3v) is 6.70. The Morgan fingerprint density at radius 2 is 1.71 bits per heavy atom. The van der Waals surface area contributed by atoms with E-state index in [2.05, 4.69) is 15.0 Å². The number of halogens is 2. The van der Waals surface area contributed by atoms with Crippen LogP contribution in [0.2, 0.25) is 0 Å². The molecule has 0 aliphatic carbocycles. The minimum atomic E-state index is -3.84. The molecule has 0 unspecified atom stereocenters. The molecule has 158 valence electrons. The van der Waals surface area contributed by atoms with Crippen molar-refractivity contribution in [3.63, 3.8) is 0 Å². The van der Waals surface area contributed by atoms with E-state index >= 15 is 0 Å². The minimum Gasteiger partial charge on any atom is -0.298 e. The molecular weight excluding hydrogens is 444 g/mol. The van der Waals surface area contributed by atoms with Crippen molar-refractivity contribution in [1.29, 1.82) is 0 Å². The fourth-order valence-corrected chi connectivity index (χ4v) is 4.74. The van der Waals surface area contributed by atoms with Gasteiger partial charge in [-0.2, -0.15) is 0 Å². The van der Waals surface area contributed by atoms with Gasteiger partial charge in [-0.3, -0.25) is 10.1 Å². The molecule has 0 saturated carbocycles. The zero-order valence-corrected chi connectivity index (χ0v) is 17.4. The number of rotatable bonds is 6. The number of hydrogen-bond acceptors (Lipinski definition) is 5. The van der Waals surface area contributed by atoms with E-state index < -0.39 is 27.6 Å². The van der Waals surface area contributed by atoms with Gasteiger partial charge >= 0.3 is 0 Å². The number of anilines is 1. The van der Waals surface area contributed by atoms with Crippen molar-refractivity contribution >= 4 is 42.6 Å². The van der Waals surface area contributed by atoms with Gasteiger partial charge in [0.25, 0.3) is 5.91 Å². The first-order valence-electron chi connectivity index (χ1n) is 9.02. The van der Waals surface area contributed by atoms with E-state index in [0.29, 0.717) is 4.70 Å². The standard InChI is InChI=1S/C21H15F2N3O3S2/c22-16-10-18-19(11-17(16)23)30-21(25-18)26-20(27)14-7-4-8-15(9-14)31(28,29)24-12-13-5-2-1-3-6-13/h1-11,24H,12H2,(H,25,26,27). The number of nitrogens with one attached hydrogen (secondary N) is 2. The van der Waals surface area contributed by atoms with Gasteiger partial charge in [-0.15, -0.1) is 0 Å². The molecule has 0 bridgehead atoms. The largest absolute Gasteiger partial charge is 0.298 e. The molecule has 4 aromatic rings. The molecule has 1 aromatic heterocycles. The molecule has 10 heteroatoms. The van der Waals surface area contributed by atoms with E-state index in [-0.39, 0.29) is 27.7 Å². The zero-order chi connectivity index (χ0) is 22.0. The van der Waals surface area contributed by atoms with Gasteiger partial charge in [0.15, 0.2) is 16.8 Å². The number of carbonyl (C=O) groups is 1. The highest BCUT2D eigenvalue weighted by molar-refractivity contribution is 7.89. The Labute approximate surface area is 180 Å². The van der Waals surface area contributed by atoms with Crippen LogP contribution in [0.4, 0.5) is 13.9 Å². The third kappa shape index (κ3) is 4.76. The Kier molecular flexibility index (Phi) is 5.77. The van der Waals surface area contributed by atoms with Crippen LogP contribution < -0.4 is 10.0 Å². The van der Waals surface area contributed by atoms with Gasteiger partial charge in [-0.1, -0.05) is 47.7 Å². The average molecular weight is 459 g/mol. The first-order valence-corrected chi connectivity index (χ1v) is 11.3. The van der Waals surface area contributed by atoms with E-state index in [1.165, 1.54) is 24.3 Å². The van der Waals surface area contributed by atoms with E-state index in [0.717, 1.165) is 29.0 Å². The molecule has 1 amide bonds. The molecule has 1 heterocycles. The fraction of sp³-hybridized carbons (Fsp3) is 0.0476. The molecule has 0 radical (unpaired) electrons. The van der Waals surface area contributed by atoms with Gasteiger partial charge in [0.1, 0.15) is 0 Å². The van der Waals surface area contributed by atoms with Crippen molar-refractivity contribution in [1.82, 2.24) is 9.71 Å². The first kappa shape index (κ1) is 21.0. The fourth-order valence-electron chi connectivity index (χ4n) is 2.81. The van der Waals surface area contributed by atoms with Gasteiger partial charge in [0.2, 0.25) is 10.0 Å². The van der Waals surface area contributed by atoms with Crippen molar-refractivity contribution in [3.8, 4) is 0 Å². The second-order valence-electron chi connectivity index (χ2n) is 6.55. The summed E-state index contributed by atoms with van der Waals surface area (Å²) in [6.45, 7) is 0.110. The lowest BCUT2D eigenvalue weighted by atomic mass is 10.2. The van der Waals surface area contributed by atoms with E-state index in [1.54, 1.807) is 24.3 Å². The summed E-state index contributed by atoms with van der Waals surface area (Å²) in [7, 11) is -3.84. The van der Waals surface area contributed by atoms with Crippen molar-refractivity contribution < 1.29 is 22.0 Å². The van der Waals surface area contributed by atoms with Crippen molar-refractivity contribution in [2.75, 3.05) is 5.32 Å². The van der Waals surface area contributed by atoms with Gasteiger partial charge in [-0.05, 0) is 29.8 Å². The number of amides is 1. The van der Waals surface area contributed by atoms with Crippen molar-refractivity contribution in [3.05, 3.63) is 89.5 Å². The van der Waals surface area contributed by atoms with Crippen LogP contribution in [0.25, 0.3) is 10.2 Å². The molecule has 4 rings (SSSR count). The number of fused-ring (bicyclic) bond motifs is 1. The molecule has 0 aliphatic rings. The SMILES string of the molecule is O=C(Nc1nc2cc(F)c(F)cc2s1)c1cccc(S(=O)(=O)NCc2ccccc2)c1. The molecular formula is C21H15F2N3O3S2. The molecule has 31 heavy (non-hydrogen) atoms. The first-order chi connectivity index (χ1) is 14.8. The molecule has 6 nitrogen and oxygen atoms in total. The summed E-state index contributed by atoms with van der Waals surface area (Å²) in [4.78, 5) is 16.6. The zero-order valence-electron chi connectivity index (χ0n) is 15.8. The summed E-state index contributed by atoms with van der Waals surface area (Å²) < 4.78 is 54.8. The molecule has 0 fully saturated rings. The van der Waals surface area contributed by atoms with Gasteiger partial charge in [0.05, 0.1) is 15.1 Å². The van der Waals surface area contributed by atoms with Crippen LogP contribution in [0.15, 0.2) is 71.6 Å². The third-order valence-electron chi connectivity index (χ3n) is 4.37. The highest BCUT2D eigenvalue weighted by Crippen LogP contribution is 2.28. The van der Waals surface area contributed by atoms with Crippen molar-refractivity contribution in [2.24, 2.45) is 0 Å². The summed E-state index contributed by atoms with van der Waals surface area (Å²) in [5, 5.41) is 2.67. The maximum atomic E-state index is 13.4. The maximum absolute atomic E-state index is 13.4. The number of hydrogen-bond donors (Lipinski definition) is 2. The molecule has 0 saturated heterocycles. The Balaban J connectivity index is 1.51. The number of nitrogens with zero attached hydrogens (tertiary/aromatic N) is 1. The van der Waals surface area contributed by atoms with E-state index in [9.17, 15) is 22.0 Å². The summed E-state index contributed by atoms with van der Waals surface area (Å²) in [6, 6.07) is 16.5. The molecule has 0 spiro atoms. The topological polar surface area (TPSA) is 88.2 Å². The van der Waals surface area contributed by atoms with Gasteiger partial charge < -0.3 is 0 Å². The van der Waals surface area contributed by atoms with Crippen LogP contribution in [0.1, 0.15) is 15.9 Å². The van der Waals surface area contributed by atoms with Gasteiger partial charge in [0, 0.05) is 18.2 Å². The summed E-state index contributed by atoms with van der Waals surface area (Å²) in [5.74, 6) is -2.63. The lowest BCUT2D eigenvalue weighted by Gasteiger charge is -2.08. The number of sulfonamides is 1. The molecule has 0 atom stereocenters. The monoisotopic (exact) mass is 459 g/mol. The Hall–Kier alpha value is -3.21. The number of carbonyl (C=O) groups excluding carboxylic acids is 1. The average Bonchev–Trinajstić information content (AvgIpc) is 3.14. The second-order valence-corrected chi connectivity index (χ2v) is 9.34. The van der Waals surface area contributed by atoms with Crippen molar-refractivity contribution in [2.45, 2.75) is 11.4 Å². The highest BCUT2D eigenvalue weighted by atomic mass is 32.2. The normalized spacial score (nSPS) is 11.5. The quantitative estimate of drug-likeness (QED) is 0.450. The second kappa shape index (κ2) is 8.50. The van der Waals surface area contributed by atoms with Crippen LogP contribution in [0.5, 0.6) is 0 Å². The molecule has 0 aliphatic heterocycles. The Morgan fingerprint density at radius 1 is 0.968 bits per heavy atom. The van der Waals surface area contributed by atoms with Crippen LogP contribution >= 0.6 is 11.3 Å². The Morgan fingerprint density at radius 3 is 2.48 bits per heavy atom. The van der Waals surface area contributed by atoms with Gasteiger partial charge in [-0.25, -0.2) is 26.9 Å². The Bertz CT molecular complexity index is 1330. The smallest absolute Gasteiger partial charge is 0.257 e. The summed E-state index contributed by atoms with van der Waals surface area (Å²) in [5.41, 5.74) is 1.10. The number of benzene rings is 3. The van der Waals surface area contributed by atoms with E-state index in [4.69, 9.17) is 0 Å². The van der Waals surface area contributed by atoms with E-state index in [1.807, 2.05) is 6.07 Å². The predicted molar refractivity (Wildman–Crippen MR) is 114 cm³/mol. The number of thiazole rings is 1.